The molecule has 25 heavy (non-hydrogen) atoms. The lowest BCUT2D eigenvalue weighted by atomic mass is 10.00. The van der Waals surface area contributed by atoms with Crippen LogP contribution < -0.4 is 5.73 Å². The first-order valence-corrected chi connectivity index (χ1v) is 9.65. The van der Waals surface area contributed by atoms with Gasteiger partial charge in [0.2, 0.25) is 0 Å². The number of carbonyl (C=O) groups is 1. The number of amides is 1. The molecule has 0 radical (unpaired) electrons. The number of hydrogen-bond acceptors (Lipinski definition) is 4. The topological polar surface area (TPSA) is 59.2 Å². The number of carbonyl (C=O) groups excluding carboxylic acids is 1. The molecule has 3 heterocycles. The summed E-state index contributed by atoms with van der Waals surface area (Å²) in [6.07, 6.45) is 2.26. The average molecular weight is 353 g/mol. The van der Waals surface area contributed by atoms with Crippen molar-refractivity contribution < 1.29 is 4.79 Å². The first-order chi connectivity index (χ1) is 11.9. The maximum atomic E-state index is 13.0. The zero-order valence-electron chi connectivity index (χ0n) is 14.9. The Morgan fingerprint density at radius 2 is 2.08 bits per heavy atom. The van der Waals surface area contributed by atoms with E-state index in [9.17, 15) is 4.79 Å². The average Bonchev–Trinajstić information content (AvgIpc) is 2.88. The summed E-state index contributed by atoms with van der Waals surface area (Å²) < 4.78 is 0. The van der Waals surface area contributed by atoms with E-state index >= 15 is 0 Å². The van der Waals surface area contributed by atoms with E-state index < -0.39 is 0 Å². The molecule has 1 fully saturated rings. The van der Waals surface area contributed by atoms with Gasteiger partial charge in [-0.1, -0.05) is 13.0 Å². The molecular formula is C20H23N3OS. The van der Waals surface area contributed by atoms with Gasteiger partial charge in [-0.25, -0.2) is 4.98 Å². The summed E-state index contributed by atoms with van der Waals surface area (Å²) in [7, 11) is 0. The highest BCUT2D eigenvalue weighted by molar-refractivity contribution is 7.21. The van der Waals surface area contributed by atoms with Crippen LogP contribution in [0.3, 0.4) is 0 Å². The fraction of sp³-hybridized carbons (Fsp3) is 0.400. The number of anilines is 1. The Bertz CT molecular complexity index is 992. The van der Waals surface area contributed by atoms with Gasteiger partial charge in [0, 0.05) is 23.9 Å². The van der Waals surface area contributed by atoms with Gasteiger partial charge < -0.3 is 10.6 Å². The van der Waals surface area contributed by atoms with Crippen molar-refractivity contribution in [3.63, 3.8) is 0 Å². The van der Waals surface area contributed by atoms with E-state index in [1.54, 1.807) is 0 Å². The van der Waals surface area contributed by atoms with Gasteiger partial charge in [0.05, 0.1) is 11.2 Å². The first kappa shape index (κ1) is 16.3. The number of nitrogens with zero attached hydrogens (tertiary/aromatic N) is 2. The van der Waals surface area contributed by atoms with Gasteiger partial charge >= 0.3 is 0 Å². The minimum Gasteiger partial charge on any atom is -0.397 e. The highest BCUT2D eigenvalue weighted by Crippen LogP contribution is 2.36. The summed E-state index contributed by atoms with van der Waals surface area (Å²) in [5, 5.41) is 2.01. The molecule has 0 aliphatic carbocycles. The summed E-state index contributed by atoms with van der Waals surface area (Å²) in [6, 6.07) is 6.33. The third-order valence-corrected chi connectivity index (χ3v) is 6.23. The van der Waals surface area contributed by atoms with Crippen LogP contribution in [0.2, 0.25) is 0 Å². The summed E-state index contributed by atoms with van der Waals surface area (Å²) >= 11 is 1.43. The van der Waals surface area contributed by atoms with Crippen LogP contribution in [0.4, 0.5) is 5.69 Å². The number of hydrogen-bond donors (Lipinski definition) is 1. The number of fused-ring (bicyclic) bond motifs is 2. The lowest BCUT2D eigenvalue weighted by Gasteiger charge is -2.30. The van der Waals surface area contributed by atoms with E-state index in [2.05, 4.69) is 39.0 Å². The number of aromatic nitrogens is 1. The van der Waals surface area contributed by atoms with Crippen LogP contribution in [0, 0.1) is 19.8 Å². The predicted octanol–water partition coefficient (Wildman–Crippen LogP) is 4.52. The molecule has 3 aromatic rings. The van der Waals surface area contributed by atoms with Crippen molar-refractivity contribution in [1.29, 1.82) is 0 Å². The van der Waals surface area contributed by atoms with E-state index in [0.717, 1.165) is 40.6 Å². The maximum absolute atomic E-state index is 13.0. The SMILES string of the molecule is Cc1cc(C)c2cc3c(N)c(C(=O)N4CCCC(C)C4)sc3nc2c1. The summed E-state index contributed by atoms with van der Waals surface area (Å²) in [4.78, 5) is 21.2. The first-order valence-electron chi connectivity index (χ1n) is 8.83. The number of aryl methyl sites for hydroxylation is 2. The Morgan fingerprint density at radius 1 is 1.28 bits per heavy atom. The minimum absolute atomic E-state index is 0.0593. The molecule has 1 amide bonds. The van der Waals surface area contributed by atoms with Crippen molar-refractivity contribution in [3.05, 3.63) is 34.2 Å². The minimum atomic E-state index is 0.0593. The monoisotopic (exact) mass is 353 g/mol. The number of rotatable bonds is 1. The maximum Gasteiger partial charge on any atom is 0.266 e. The van der Waals surface area contributed by atoms with E-state index in [4.69, 9.17) is 10.7 Å². The number of pyridine rings is 1. The summed E-state index contributed by atoms with van der Waals surface area (Å²) in [5.74, 6) is 0.614. The van der Waals surface area contributed by atoms with Crippen molar-refractivity contribution in [3.8, 4) is 0 Å². The molecule has 1 aliphatic heterocycles. The van der Waals surface area contributed by atoms with Crippen molar-refractivity contribution in [1.82, 2.24) is 9.88 Å². The van der Waals surface area contributed by atoms with E-state index in [1.807, 2.05) is 4.90 Å². The molecule has 0 saturated carbocycles. The third kappa shape index (κ3) is 2.76. The molecule has 0 spiro atoms. The molecule has 1 saturated heterocycles. The number of nitrogens with two attached hydrogens (primary N) is 1. The van der Waals surface area contributed by atoms with Crippen molar-refractivity contribution in [2.24, 2.45) is 5.92 Å². The Hall–Kier alpha value is -2.14. The van der Waals surface area contributed by atoms with Crippen LogP contribution in [0.25, 0.3) is 21.1 Å². The van der Waals surface area contributed by atoms with Gasteiger partial charge in [-0.2, -0.15) is 0 Å². The number of benzene rings is 1. The van der Waals surface area contributed by atoms with Gasteiger partial charge in [0.25, 0.3) is 5.91 Å². The van der Waals surface area contributed by atoms with Gasteiger partial charge in [0.1, 0.15) is 9.71 Å². The Labute approximate surface area is 151 Å². The predicted molar refractivity (Wildman–Crippen MR) is 105 cm³/mol. The standard InChI is InChI=1S/C20H23N3OS/c1-11-5-4-6-23(10-11)20(24)18-17(21)15-9-14-13(3)7-12(2)8-16(14)22-19(15)25-18/h7-9,11H,4-6,10,21H2,1-3H3. The highest BCUT2D eigenvalue weighted by atomic mass is 32.1. The van der Waals surface area contributed by atoms with Crippen LogP contribution in [-0.2, 0) is 0 Å². The van der Waals surface area contributed by atoms with Crippen LogP contribution in [0.5, 0.6) is 0 Å². The zero-order chi connectivity index (χ0) is 17.7. The van der Waals surface area contributed by atoms with Gasteiger partial charge in [-0.3, -0.25) is 4.79 Å². The number of likely N-dealkylation sites (tertiary alicyclic amines) is 1. The van der Waals surface area contributed by atoms with Crippen molar-refractivity contribution in [2.75, 3.05) is 18.8 Å². The Kier molecular flexibility index (Phi) is 3.91. The van der Waals surface area contributed by atoms with Gasteiger partial charge in [-0.15, -0.1) is 11.3 Å². The number of thiophene rings is 1. The zero-order valence-corrected chi connectivity index (χ0v) is 15.7. The molecule has 4 rings (SSSR count). The van der Waals surface area contributed by atoms with E-state index in [-0.39, 0.29) is 5.91 Å². The second-order valence-corrected chi connectivity index (χ2v) is 8.33. The fourth-order valence-corrected chi connectivity index (χ4v) is 4.89. The fourth-order valence-electron chi connectivity index (χ4n) is 3.83. The Balaban J connectivity index is 1.83. The number of piperidine rings is 1. The highest BCUT2D eigenvalue weighted by Gasteiger charge is 2.26. The van der Waals surface area contributed by atoms with Crippen LogP contribution in [0.1, 0.15) is 40.6 Å². The lowest BCUT2D eigenvalue weighted by Crippen LogP contribution is -2.38. The van der Waals surface area contributed by atoms with Gasteiger partial charge in [-0.05, 0) is 55.9 Å². The van der Waals surface area contributed by atoms with Crippen LogP contribution >= 0.6 is 11.3 Å². The molecule has 1 aliphatic rings. The molecule has 1 unspecified atom stereocenters. The normalized spacial score (nSPS) is 18.2. The van der Waals surface area contributed by atoms with Crippen molar-refractivity contribution >= 4 is 44.1 Å². The molecular weight excluding hydrogens is 330 g/mol. The smallest absolute Gasteiger partial charge is 0.266 e. The number of nitrogen functional groups attached to an aromatic ring is 1. The molecule has 5 heteroatoms. The second-order valence-electron chi connectivity index (χ2n) is 7.33. The second kappa shape index (κ2) is 5.99. The molecule has 4 nitrogen and oxygen atoms in total. The molecule has 1 atom stereocenters. The molecule has 2 N–H and O–H groups in total. The summed E-state index contributed by atoms with van der Waals surface area (Å²) in [5.41, 5.74) is 10.3. The van der Waals surface area contributed by atoms with Crippen molar-refractivity contribution in [2.45, 2.75) is 33.6 Å². The molecule has 1 aromatic carbocycles. The molecule has 130 valence electrons. The van der Waals surface area contributed by atoms with Gasteiger partial charge in [0.15, 0.2) is 0 Å². The van der Waals surface area contributed by atoms with Crippen LogP contribution in [-0.4, -0.2) is 28.9 Å². The lowest BCUT2D eigenvalue weighted by molar-refractivity contribution is 0.0689. The quantitative estimate of drug-likeness (QED) is 0.700. The van der Waals surface area contributed by atoms with Crippen LogP contribution in [0.15, 0.2) is 18.2 Å². The largest absolute Gasteiger partial charge is 0.397 e. The Morgan fingerprint density at radius 3 is 2.84 bits per heavy atom. The molecule has 0 bridgehead atoms. The van der Waals surface area contributed by atoms with E-state index in [1.165, 1.54) is 28.9 Å². The third-order valence-electron chi connectivity index (χ3n) is 5.12. The van der Waals surface area contributed by atoms with E-state index in [0.29, 0.717) is 16.5 Å². The summed E-state index contributed by atoms with van der Waals surface area (Å²) in [6.45, 7) is 8.01. The molecule has 2 aromatic heterocycles.